The monoisotopic (exact) mass is 374 g/mol. The number of hydrogen-bond donors (Lipinski definition) is 0. The third-order valence-electron chi connectivity index (χ3n) is 2.96. The van der Waals surface area contributed by atoms with Crippen molar-refractivity contribution in [2.45, 2.75) is 4.83 Å². The Morgan fingerprint density at radius 2 is 1.55 bits per heavy atom. The van der Waals surface area contributed by atoms with Crippen LogP contribution in [0.2, 0.25) is 10.0 Å². The number of alkyl halides is 1. The molecule has 0 aliphatic heterocycles. The molecule has 20 heavy (non-hydrogen) atoms. The normalized spacial score (nSPS) is 12.1. The van der Waals surface area contributed by atoms with Crippen LogP contribution in [0.4, 0.5) is 0 Å². The van der Waals surface area contributed by atoms with E-state index < -0.39 is 0 Å². The third-order valence-corrected chi connectivity index (χ3v) is 4.68. The van der Waals surface area contributed by atoms with Gasteiger partial charge in [-0.25, -0.2) is 0 Å². The number of halogens is 3. The summed E-state index contributed by atoms with van der Waals surface area (Å²) in [5.41, 5.74) is 1.89. The van der Waals surface area contributed by atoms with E-state index in [2.05, 4.69) is 15.9 Å². The summed E-state index contributed by atoms with van der Waals surface area (Å²) in [4.78, 5) is -0.108. The number of benzene rings is 2. The van der Waals surface area contributed by atoms with Crippen molar-refractivity contribution in [2.75, 3.05) is 14.2 Å². The zero-order chi connectivity index (χ0) is 14.7. The van der Waals surface area contributed by atoms with Crippen LogP contribution in [-0.2, 0) is 0 Å². The second-order valence-electron chi connectivity index (χ2n) is 4.11. The van der Waals surface area contributed by atoms with E-state index in [1.54, 1.807) is 20.3 Å². The van der Waals surface area contributed by atoms with Gasteiger partial charge < -0.3 is 9.47 Å². The van der Waals surface area contributed by atoms with E-state index in [-0.39, 0.29) is 4.83 Å². The average molecular weight is 376 g/mol. The van der Waals surface area contributed by atoms with Crippen LogP contribution in [-0.4, -0.2) is 14.2 Å². The first-order chi connectivity index (χ1) is 9.58. The van der Waals surface area contributed by atoms with E-state index in [0.717, 1.165) is 22.6 Å². The molecule has 2 aromatic carbocycles. The molecule has 2 nitrogen and oxygen atoms in total. The van der Waals surface area contributed by atoms with E-state index in [1.807, 2.05) is 30.3 Å². The topological polar surface area (TPSA) is 18.5 Å². The van der Waals surface area contributed by atoms with Gasteiger partial charge in [0, 0.05) is 0 Å². The van der Waals surface area contributed by atoms with Crippen LogP contribution in [0.25, 0.3) is 0 Å². The lowest BCUT2D eigenvalue weighted by atomic mass is 10.0. The van der Waals surface area contributed by atoms with Gasteiger partial charge in [0.2, 0.25) is 0 Å². The minimum absolute atomic E-state index is 0.108. The summed E-state index contributed by atoms with van der Waals surface area (Å²) in [6.07, 6.45) is 0. The number of methoxy groups -OCH3 is 2. The van der Waals surface area contributed by atoms with Crippen LogP contribution in [0.15, 0.2) is 36.4 Å². The summed E-state index contributed by atoms with van der Waals surface area (Å²) in [6.45, 7) is 0. The van der Waals surface area contributed by atoms with Gasteiger partial charge in [0.1, 0.15) is 11.5 Å². The summed E-state index contributed by atoms with van der Waals surface area (Å²) >= 11 is 15.7. The molecule has 1 unspecified atom stereocenters. The van der Waals surface area contributed by atoms with Gasteiger partial charge in [0.05, 0.1) is 34.7 Å². The third kappa shape index (κ3) is 3.05. The van der Waals surface area contributed by atoms with Crippen molar-refractivity contribution >= 4 is 39.1 Å². The molecule has 0 fully saturated rings. The first-order valence-electron chi connectivity index (χ1n) is 5.88. The van der Waals surface area contributed by atoms with Crippen molar-refractivity contribution in [1.29, 1.82) is 0 Å². The number of hydrogen-bond acceptors (Lipinski definition) is 2. The molecule has 0 radical (unpaired) electrons. The minimum Gasteiger partial charge on any atom is -0.496 e. The Bertz CT molecular complexity index is 595. The largest absolute Gasteiger partial charge is 0.496 e. The summed E-state index contributed by atoms with van der Waals surface area (Å²) < 4.78 is 10.8. The molecule has 106 valence electrons. The summed E-state index contributed by atoms with van der Waals surface area (Å²) in [5.74, 6) is 1.49. The highest BCUT2D eigenvalue weighted by atomic mass is 79.9. The van der Waals surface area contributed by atoms with Crippen molar-refractivity contribution < 1.29 is 9.47 Å². The Labute approximate surface area is 136 Å². The molecule has 0 aliphatic rings. The molecule has 0 aromatic heterocycles. The summed E-state index contributed by atoms with van der Waals surface area (Å²) in [7, 11) is 3.26. The van der Waals surface area contributed by atoms with Crippen molar-refractivity contribution in [2.24, 2.45) is 0 Å². The molecule has 0 saturated carbocycles. The van der Waals surface area contributed by atoms with Gasteiger partial charge in [-0.05, 0) is 29.8 Å². The zero-order valence-electron chi connectivity index (χ0n) is 11.0. The van der Waals surface area contributed by atoms with E-state index in [1.165, 1.54) is 0 Å². The van der Waals surface area contributed by atoms with Gasteiger partial charge >= 0.3 is 0 Å². The highest BCUT2D eigenvalue weighted by Crippen LogP contribution is 2.43. The van der Waals surface area contributed by atoms with Crippen molar-refractivity contribution in [3.8, 4) is 11.5 Å². The van der Waals surface area contributed by atoms with Crippen molar-refractivity contribution in [3.63, 3.8) is 0 Å². The SMILES string of the molecule is COc1cccc(OC)c1C(Br)c1ccc(Cl)c(Cl)c1. The molecule has 0 spiro atoms. The van der Waals surface area contributed by atoms with Gasteiger partial charge in [-0.2, -0.15) is 0 Å². The molecule has 5 heteroatoms. The summed E-state index contributed by atoms with van der Waals surface area (Å²) in [5, 5.41) is 1.05. The van der Waals surface area contributed by atoms with Gasteiger partial charge in [0.25, 0.3) is 0 Å². The lowest BCUT2D eigenvalue weighted by molar-refractivity contribution is 0.386. The quantitative estimate of drug-likeness (QED) is 0.657. The molecule has 0 saturated heterocycles. The van der Waals surface area contributed by atoms with Crippen LogP contribution < -0.4 is 9.47 Å². The van der Waals surface area contributed by atoms with Crippen LogP contribution in [0, 0.1) is 0 Å². The van der Waals surface area contributed by atoms with Crippen LogP contribution >= 0.6 is 39.1 Å². The lowest BCUT2D eigenvalue weighted by Crippen LogP contribution is -2.00. The second kappa shape index (κ2) is 6.70. The van der Waals surface area contributed by atoms with Gasteiger partial charge in [0.15, 0.2) is 0 Å². The van der Waals surface area contributed by atoms with Crippen molar-refractivity contribution in [3.05, 3.63) is 57.6 Å². The van der Waals surface area contributed by atoms with E-state index in [4.69, 9.17) is 32.7 Å². The first-order valence-corrected chi connectivity index (χ1v) is 7.55. The standard InChI is InChI=1S/C15H13BrCl2O2/c1-19-12-4-3-5-13(20-2)14(12)15(16)9-6-7-10(17)11(18)8-9/h3-8,15H,1-2H3. The fourth-order valence-corrected chi connectivity index (χ4v) is 3.01. The van der Waals surface area contributed by atoms with Gasteiger partial charge in [-0.1, -0.05) is 51.3 Å². The maximum atomic E-state index is 6.08. The highest BCUT2D eigenvalue weighted by molar-refractivity contribution is 9.09. The molecule has 0 amide bonds. The van der Waals surface area contributed by atoms with E-state index in [0.29, 0.717) is 10.0 Å². The second-order valence-corrected chi connectivity index (χ2v) is 5.84. The van der Waals surface area contributed by atoms with Crippen LogP contribution in [0.5, 0.6) is 11.5 Å². The molecule has 0 aliphatic carbocycles. The smallest absolute Gasteiger partial charge is 0.127 e. The average Bonchev–Trinajstić information content (AvgIpc) is 2.48. The number of ether oxygens (including phenoxy) is 2. The van der Waals surface area contributed by atoms with E-state index in [9.17, 15) is 0 Å². The maximum Gasteiger partial charge on any atom is 0.127 e. The Hall–Kier alpha value is -0.900. The Morgan fingerprint density at radius 3 is 2.05 bits per heavy atom. The lowest BCUT2D eigenvalue weighted by Gasteiger charge is -2.18. The van der Waals surface area contributed by atoms with Gasteiger partial charge in [-0.3, -0.25) is 0 Å². The van der Waals surface area contributed by atoms with Crippen molar-refractivity contribution in [1.82, 2.24) is 0 Å². The first kappa shape index (κ1) is 15.5. The zero-order valence-corrected chi connectivity index (χ0v) is 14.1. The predicted molar refractivity (Wildman–Crippen MR) is 86.8 cm³/mol. The van der Waals surface area contributed by atoms with Crippen LogP contribution in [0.3, 0.4) is 0 Å². The molecule has 2 aromatic rings. The molecule has 1 atom stereocenters. The minimum atomic E-state index is -0.108. The fraction of sp³-hybridized carbons (Fsp3) is 0.200. The molecule has 0 bridgehead atoms. The molecule has 2 rings (SSSR count). The fourth-order valence-electron chi connectivity index (χ4n) is 1.97. The van der Waals surface area contributed by atoms with Gasteiger partial charge in [-0.15, -0.1) is 0 Å². The Balaban J connectivity index is 2.51. The maximum absolute atomic E-state index is 6.08. The number of rotatable bonds is 4. The summed E-state index contributed by atoms with van der Waals surface area (Å²) in [6, 6.07) is 11.2. The highest BCUT2D eigenvalue weighted by Gasteiger charge is 2.20. The van der Waals surface area contributed by atoms with Crippen LogP contribution in [0.1, 0.15) is 16.0 Å². The predicted octanol–water partition coefficient (Wildman–Crippen LogP) is 5.49. The molecule has 0 N–H and O–H groups in total. The Kier molecular flexibility index (Phi) is 5.19. The molecule has 0 heterocycles. The molecular weight excluding hydrogens is 363 g/mol. The Morgan fingerprint density at radius 1 is 0.950 bits per heavy atom. The molecular formula is C15H13BrCl2O2. The van der Waals surface area contributed by atoms with E-state index >= 15 is 0 Å².